The Bertz CT molecular complexity index is 1050. The Morgan fingerprint density at radius 2 is 1.93 bits per heavy atom. The Balaban J connectivity index is 1.78. The monoisotopic (exact) mass is 397 g/mol. The van der Waals surface area contributed by atoms with E-state index < -0.39 is 10.5 Å². The minimum Gasteiger partial charge on any atom is -0.496 e. The van der Waals surface area contributed by atoms with Crippen LogP contribution in [0.2, 0.25) is 0 Å². The van der Waals surface area contributed by atoms with Gasteiger partial charge >= 0.3 is 5.63 Å². The van der Waals surface area contributed by atoms with Crippen LogP contribution in [0.3, 0.4) is 0 Å². The summed E-state index contributed by atoms with van der Waals surface area (Å²) in [7, 11) is 1.53. The number of hydrogen-bond donors (Lipinski definition) is 0. The molecule has 1 aromatic heterocycles. The molecule has 1 saturated heterocycles. The van der Waals surface area contributed by atoms with Crippen LogP contribution in [0.5, 0.6) is 5.75 Å². The highest BCUT2D eigenvalue weighted by atomic mass is 16.6. The molecule has 2 aromatic rings. The van der Waals surface area contributed by atoms with Crippen molar-refractivity contribution in [2.24, 2.45) is 0 Å². The van der Waals surface area contributed by atoms with E-state index in [9.17, 15) is 14.9 Å². The Hall–Kier alpha value is -3.19. The molecular formula is C22H23NO6. The second-order valence-corrected chi connectivity index (χ2v) is 7.08. The predicted molar refractivity (Wildman–Crippen MR) is 109 cm³/mol. The summed E-state index contributed by atoms with van der Waals surface area (Å²) in [5, 5.41) is 10.7. The summed E-state index contributed by atoms with van der Waals surface area (Å²) in [6.45, 7) is 5.93. The summed E-state index contributed by atoms with van der Waals surface area (Å²) in [5.74, 6) is 1.03. The van der Waals surface area contributed by atoms with E-state index in [1.165, 1.54) is 19.2 Å². The van der Waals surface area contributed by atoms with Crippen molar-refractivity contribution in [1.29, 1.82) is 0 Å². The molecule has 0 radical (unpaired) electrons. The van der Waals surface area contributed by atoms with Crippen molar-refractivity contribution >= 4 is 11.8 Å². The molecule has 0 saturated carbocycles. The van der Waals surface area contributed by atoms with Crippen molar-refractivity contribution in [1.82, 2.24) is 0 Å². The van der Waals surface area contributed by atoms with Gasteiger partial charge in [0, 0.05) is 24.1 Å². The lowest BCUT2D eigenvalue weighted by Gasteiger charge is -2.14. The zero-order valence-electron chi connectivity index (χ0n) is 16.9. The first kappa shape index (κ1) is 20.5. The van der Waals surface area contributed by atoms with Crippen LogP contribution in [-0.2, 0) is 4.74 Å². The van der Waals surface area contributed by atoms with E-state index in [1.54, 1.807) is 19.1 Å². The SMILES string of the molecule is COc1c(C)c(C2C/C(=C/C(C)=C\c3ccc([N+](=O)[O-])cc3)CO2)oc(=O)c1C. The van der Waals surface area contributed by atoms with Crippen molar-refractivity contribution in [3.63, 3.8) is 0 Å². The molecule has 1 aliphatic heterocycles. The maximum absolute atomic E-state index is 12.1. The van der Waals surface area contributed by atoms with Gasteiger partial charge in [0.15, 0.2) is 0 Å². The smallest absolute Gasteiger partial charge is 0.342 e. The lowest BCUT2D eigenvalue weighted by atomic mass is 10.0. The average molecular weight is 397 g/mol. The number of allylic oxidation sites excluding steroid dienone is 2. The van der Waals surface area contributed by atoms with E-state index in [2.05, 4.69) is 0 Å². The highest BCUT2D eigenvalue weighted by Crippen LogP contribution is 2.37. The van der Waals surface area contributed by atoms with Crippen LogP contribution >= 0.6 is 0 Å². The number of benzene rings is 1. The lowest BCUT2D eigenvalue weighted by molar-refractivity contribution is -0.384. The summed E-state index contributed by atoms with van der Waals surface area (Å²) >= 11 is 0. The summed E-state index contributed by atoms with van der Waals surface area (Å²) in [4.78, 5) is 22.4. The largest absolute Gasteiger partial charge is 0.496 e. The van der Waals surface area contributed by atoms with Gasteiger partial charge < -0.3 is 13.9 Å². The van der Waals surface area contributed by atoms with Crippen molar-refractivity contribution in [2.75, 3.05) is 13.7 Å². The lowest BCUT2D eigenvalue weighted by Crippen LogP contribution is -2.12. The van der Waals surface area contributed by atoms with Crippen molar-refractivity contribution < 1.29 is 18.8 Å². The number of nitro benzene ring substituents is 1. The average Bonchev–Trinajstić information content (AvgIpc) is 3.13. The quantitative estimate of drug-likeness (QED) is 0.538. The van der Waals surface area contributed by atoms with Crippen molar-refractivity contribution in [3.8, 4) is 5.75 Å². The molecule has 0 N–H and O–H groups in total. The maximum Gasteiger partial charge on any atom is 0.342 e. The fourth-order valence-electron chi connectivity index (χ4n) is 3.50. The Labute approximate surface area is 168 Å². The first-order valence-electron chi connectivity index (χ1n) is 9.22. The Kier molecular flexibility index (Phi) is 5.98. The molecule has 1 atom stereocenters. The van der Waals surface area contributed by atoms with Gasteiger partial charge in [-0.1, -0.05) is 17.7 Å². The number of hydrogen-bond acceptors (Lipinski definition) is 6. The fraction of sp³-hybridized carbons (Fsp3) is 0.318. The third-order valence-corrected chi connectivity index (χ3v) is 4.90. The van der Waals surface area contributed by atoms with Gasteiger partial charge in [-0.3, -0.25) is 10.1 Å². The molecule has 29 heavy (non-hydrogen) atoms. The molecule has 0 bridgehead atoms. The first-order chi connectivity index (χ1) is 13.8. The third kappa shape index (κ3) is 4.46. The maximum atomic E-state index is 12.1. The standard InChI is InChI=1S/C22H23NO6/c1-13(9-16-5-7-18(8-6-16)23(25)26)10-17-11-19(28-12-17)21-14(2)20(27-4)15(3)22(24)29-21/h5-10,19H,11-12H2,1-4H3/b13-9-,17-10-. The minimum atomic E-state index is -0.419. The van der Waals surface area contributed by atoms with Gasteiger partial charge in [0.2, 0.25) is 0 Å². The second-order valence-electron chi connectivity index (χ2n) is 7.08. The van der Waals surface area contributed by atoms with Crippen molar-refractivity contribution in [3.05, 3.63) is 84.5 Å². The number of nitrogens with zero attached hydrogens (tertiary/aromatic N) is 1. The molecule has 1 aliphatic rings. The van der Waals surface area contributed by atoms with Crippen molar-refractivity contribution in [2.45, 2.75) is 33.3 Å². The molecular weight excluding hydrogens is 374 g/mol. The van der Waals surface area contributed by atoms with Crippen LogP contribution in [0.15, 0.2) is 50.7 Å². The number of nitro groups is 1. The van der Waals surface area contributed by atoms with Gasteiger partial charge in [-0.2, -0.15) is 0 Å². The number of ether oxygens (including phenoxy) is 2. The van der Waals surface area contributed by atoms with E-state index >= 15 is 0 Å². The summed E-state index contributed by atoms with van der Waals surface area (Å²) in [6, 6.07) is 6.39. The van der Waals surface area contributed by atoms with E-state index in [1.807, 2.05) is 26.0 Å². The molecule has 0 amide bonds. The second kappa shape index (κ2) is 8.45. The summed E-state index contributed by atoms with van der Waals surface area (Å²) < 4.78 is 16.7. The van der Waals surface area contributed by atoms with E-state index in [4.69, 9.17) is 13.9 Å². The highest BCUT2D eigenvalue weighted by Gasteiger charge is 2.28. The van der Waals surface area contributed by atoms with Crippen LogP contribution in [-0.4, -0.2) is 18.6 Å². The molecule has 0 aliphatic carbocycles. The normalized spacial score (nSPS) is 18.3. The Morgan fingerprint density at radius 3 is 2.55 bits per heavy atom. The molecule has 2 heterocycles. The van der Waals surface area contributed by atoms with Gasteiger partial charge in [-0.05, 0) is 44.0 Å². The van der Waals surface area contributed by atoms with Gasteiger partial charge in [0.05, 0.1) is 24.2 Å². The van der Waals surface area contributed by atoms with E-state index in [0.717, 1.165) is 22.3 Å². The Morgan fingerprint density at radius 1 is 1.24 bits per heavy atom. The topological polar surface area (TPSA) is 91.8 Å². The molecule has 0 spiro atoms. The molecule has 152 valence electrons. The summed E-state index contributed by atoms with van der Waals surface area (Å²) in [6.07, 6.45) is 4.25. The van der Waals surface area contributed by atoms with E-state index in [-0.39, 0.29) is 11.8 Å². The zero-order chi connectivity index (χ0) is 21.1. The van der Waals surface area contributed by atoms with Gasteiger partial charge in [0.25, 0.3) is 5.69 Å². The molecule has 7 heteroatoms. The van der Waals surface area contributed by atoms with Crippen LogP contribution in [0.4, 0.5) is 5.69 Å². The zero-order valence-corrected chi connectivity index (χ0v) is 16.9. The van der Waals surface area contributed by atoms with Crippen LogP contribution in [0.25, 0.3) is 6.08 Å². The van der Waals surface area contributed by atoms with Crippen LogP contribution in [0.1, 0.15) is 41.9 Å². The number of methoxy groups -OCH3 is 1. The van der Waals surface area contributed by atoms with Crippen LogP contribution < -0.4 is 10.4 Å². The van der Waals surface area contributed by atoms with Gasteiger partial charge in [0.1, 0.15) is 17.6 Å². The first-order valence-corrected chi connectivity index (χ1v) is 9.22. The van der Waals surface area contributed by atoms with Gasteiger partial charge in [-0.15, -0.1) is 0 Å². The van der Waals surface area contributed by atoms with Crippen LogP contribution in [0, 0.1) is 24.0 Å². The molecule has 7 nitrogen and oxygen atoms in total. The highest BCUT2D eigenvalue weighted by molar-refractivity contribution is 5.57. The van der Waals surface area contributed by atoms with E-state index in [0.29, 0.717) is 30.1 Å². The molecule has 3 rings (SSSR count). The number of non-ortho nitro benzene ring substituents is 1. The minimum absolute atomic E-state index is 0.0654. The van der Waals surface area contributed by atoms with Gasteiger partial charge in [-0.25, -0.2) is 4.79 Å². The molecule has 1 unspecified atom stereocenters. The molecule has 1 aromatic carbocycles. The third-order valence-electron chi connectivity index (χ3n) is 4.90. The molecule has 1 fully saturated rings. The fourth-order valence-corrected chi connectivity index (χ4v) is 3.50. The number of rotatable bonds is 5. The predicted octanol–water partition coefficient (Wildman–Crippen LogP) is 4.66. The summed E-state index contributed by atoms with van der Waals surface area (Å²) in [5.41, 5.74) is 3.82.